The summed E-state index contributed by atoms with van der Waals surface area (Å²) in [4.78, 5) is 15.8. The number of para-hydroxylation sites is 1. The minimum Gasteiger partial charge on any atom is -0.491 e. The molecule has 1 unspecified atom stereocenters. The summed E-state index contributed by atoms with van der Waals surface area (Å²) in [5.41, 5.74) is 1.95. The summed E-state index contributed by atoms with van der Waals surface area (Å²) in [6, 6.07) is 15.7. The molecule has 0 aliphatic carbocycles. The van der Waals surface area contributed by atoms with Crippen LogP contribution in [0.15, 0.2) is 52.9 Å². The molecule has 0 radical (unpaired) electrons. The fourth-order valence-electron chi connectivity index (χ4n) is 4.94. The number of benzene rings is 2. The van der Waals surface area contributed by atoms with Crippen LogP contribution in [0.3, 0.4) is 0 Å². The van der Waals surface area contributed by atoms with E-state index in [1.807, 2.05) is 60.4 Å². The summed E-state index contributed by atoms with van der Waals surface area (Å²) in [5.74, 6) is 3.90. The maximum Gasteiger partial charge on any atom is 0.245 e. The van der Waals surface area contributed by atoms with E-state index >= 15 is 0 Å². The molecule has 2 aromatic carbocycles. The van der Waals surface area contributed by atoms with Crippen molar-refractivity contribution >= 4 is 11.6 Å². The van der Waals surface area contributed by atoms with Crippen molar-refractivity contribution in [1.82, 2.24) is 5.32 Å². The minimum atomic E-state index is -0.841. The molecule has 0 bridgehead atoms. The van der Waals surface area contributed by atoms with Gasteiger partial charge in [-0.2, -0.15) is 0 Å². The van der Waals surface area contributed by atoms with Crippen molar-refractivity contribution in [1.29, 1.82) is 0 Å². The molecule has 1 atom stereocenters. The number of ether oxygens (including phenoxy) is 3. The number of rotatable bonds is 6. The van der Waals surface area contributed by atoms with Crippen LogP contribution in [0.25, 0.3) is 0 Å². The molecule has 4 heterocycles. The Bertz CT molecular complexity index is 1200. The zero-order valence-electron chi connectivity index (χ0n) is 17.8. The third-order valence-electron chi connectivity index (χ3n) is 6.47. The van der Waals surface area contributed by atoms with Gasteiger partial charge < -0.3 is 28.8 Å². The number of nitrogens with one attached hydrogen (secondary N) is 1. The molecule has 3 aliphatic heterocycles. The first-order chi connectivity index (χ1) is 15.7. The highest BCUT2D eigenvalue weighted by Crippen LogP contribution is 2.54. The molecule has 32 heavy (non-hydrogen) atoms. The lowest BCUT2D eigenvalue weighted by Gasteiger charge is -2.23. The zero-order valence-corrected chi connectivity index (χ0v) is 17.8. The van der Waals surface area contributed by atoms with E-state index < -0.39 is 5.41 Å². The average molecular weight is 432 g/mol. The van der Waals surface area contributed by atoms with Crippen LogP contribution in [0.4, 0.5) is 5.69 Å². The fourth-order valence-corrected chi connectivity index (χ4v) is 4.94. The van der Waals surface area contributed by atoms with Gasteiger partial charge in [-0.3, -0.25) is 4.79 Å². The molecular formula is C25H24N2O5. The largest absolute Gasteiger partial charge is 0.491 e. The Morgan fingerprint density at radius 3 is 2.69 bits per heavy atom. The summed E-state index contributed by atoms with van der Waals surface area (Å²) in [6.45, 7) is 4.50. The van der Waals surface area contributed by atoms with Gasteiger partial charge in [-0.15, -0.1) is 0 Å². The number of amides is 1. The summed E-state index contributed by atoms with van der Waals surface area (Å²) >= 11 is 0. The van der Waals surface area contributed by atoms with Crippen molar-refractivity contribution in [2.45, 2.75) is 25.3 Å². The van der Waals surface area contributed by atoms with Crippen LogP contribution in [-0.4, -0.2) is 32.4 Å². The Kier molecular flexibility index (Phi) is 4.40. The van der Waals surface area contributed by atoms with Crippen molar-refractivity contribution in [3.8, 4) is 17.2 Å². The lowest BCUT2D eigenvalue weighted by molar-refractivity contribution is -0.122. The number of furan rings is 1. The van der Waals surface area contributed by atoms with E-state index in [-0.39, 0.29) is 19.3 Å². The number of aryl methyl sites for hydroxylation is 1. The second kappa shape index (κ2) is 7.31. The summed E-state index contributed by atoms with van der Waals surface area (Å²) in [6.07, 6.45) is 0.824. The Labute approximate surface area is 185 Å². The second-order valence-corrected chi connectivity index (χ2v) is 8.41. The Morgan fingerprint density at radius 2 is 1.84 bits per heavy atom. The molecule has 1 amide bonds. The van der Waals surface area contributed by atoms with Gasteiger partial charge in [0.1, 0.15) is 29.3 Å². The summed E-state index contributed by atoms with van der Waals surface area (Å²) in [7, 11) is 0. The predicted molar refractivity (Wildman–Crippen MR) is 117 cm³/mol. The highest BCUT2D eigenvalue weighted by atomic mass is 16.7. The van der Waals surface area contributed by atoms with E-state index in [1.54, 1.807) is 0 Å². The molecule has 7 heteroatoms. The first-order valence-electron chi connectivity index (χ1n) is 10.9. The van der Waals surface area contributed by atoms with Crippen LogP contribution >= 0.6 is 0 Å². The number of nitrogens with zero attached hydrogens (tertiary/aromatic N) is 1. The van der Waals surface area contributed by atoms with Gasteiger partial charge in [0, 0.05) is 23.9 Å². The van der Waals surface area contributed by atoms with E-state index in [0.717, 1.165) is 41.3 Å². The van der Waals surface area contributed by atoms with Gasteiger partial charge in [0.2, 0.25) is 12.7 Å². The monoisotopic (exact) mass is 432 g/mol. The first-order valence-corrected chi connectivity index (χ1v) is 10.9. The molecule has 164 valence electrons. The highest BCUT2D eigenvalue weighted by Gasteiger charge is 2.57. The topological polar surface area (TPSA) is 73.2 Å². The normalized spacial score (nSPS) is 20.0. The van der Waals surface area contributed by atoms with Gasteiger partial charge in [-0.1, -0.05) is 18.2 Å². The number of hydrogen-bond acceptors (Lipinski definition) is 6. The first kappa shape index (κ1) is 19.3. The predicted octanol–water partition coefficient (Wildman–Crippen LogP) is 3.52. The molecule has 0 saturated carbocycles. The van der Waals surface area contributed by atoms with E-state index in [9.17, 15) is 4.79 Å². The SMILES string of the molecule is Cc1ccc(CNCCCN2C(=O)C3(COc4cc5c(cc43)OCO5)c3ccccc32)o1. The number of anilines is 1. The van der Waals surface area contributed by atoms with Crippen LogP contribution in [0.2, 0.25) is 0 Å². The third-order valence-corrected chi connectivity index (χ3v) is 6.47. The maximum absolute atomic E-state index is 13.9. The van der Waals surface area contributed by atoms with Crippen LogP contribution < -0.4 is 24.4 Å². The molecule has 0 saturated heterocycles. The van der Waals surface area contributed by atoms with Crippen molar-refractivity contribution in [2.75, 3.05) is 31.4 Å². The number of fused-ring (bicyclic) bond motifs is 5. The molecular weight excluding hydrogens is 408 g/mol. The molecule has 6 rings (SSSR count). The highest BCUT2D eigenvalue weighted by molar-refractivity contribution is 6.11. The summed E-state index contributed by atoms with van der Waals surface area (Å²) < 4.78 is 22.7. The molecule has 1 spiro atoms. The summed E-state index contributed by atoms with van der Waals surface area (Å²) in [5, 5.41) is 3.40. The van der Waals surface area contributed by atoms with Gasteiger partial charge in [-0.25, -0.2) is 0 Å². The Hall–Kier alpha value is -3.45. The van der Waals surface area contributed by atoms with E-state index in [2.05, 4.69) is 5.32 Å². The third kappa shape index (κ3) is 2.81. The van der Waals surface area contributed by atoms with Crippen LogP contribution in [0.1, 0.15) is 29.1 Å². The lowest BCUT2D eigenvalue weighted by Crippen LogP contribution is -2.43. The van der Waals surface area contributed by atoms with Crippen molar-refractivity contribution < 1.29 is 23.4 Å². The fraction of sp³-hybridized carbons (Fsp3) is 0.320. The second-order valence-electron chi connectivity index (χ2n) is 8.41. The minimum absolute atomic E-state index is 0.0537. The van der Waals surface area contributed by atoms with E-state index in [4.69, 9.17) is 18.6 Å². The zero-order chi connectivity index (χ0) is 21.7. The molecule has 3 aliphatic rings. The molecule has 7 nitrogen and oxygen atoms in total. The average Bonchev–Trinajstić information content (AvgIpc) is 3.56. The van der Waals surface area contributed by atoms with Gasteiger partial charge >= 0.3 is 0 Å². The van der Waals surface area contributed by atoms with E-state index in [1.165, 1.54) is 0 Å². The van der Waals surface area contributed by atoms with Crippen molar-refractivity contribution in [3.63, 3.8) is 0 Å². The quantitative estimate of drug-likeness (QED) is 0.601. The number of carbonyl (C=O) groups is 1. The Morgan fingerprint density at radius 1 is 1.00 bits per heavy atom. The van der Waals surface area contributed by atoms with Crippen molar-refractivity contribution in [3.05, 3.63) is 71.2 Å². The van der Waals surface area contributed by atoms with Gasteiger partial charge in [0.25, 0.3) is 0 Å². The maximum atomic E-state index is 13.9. The lowest BCUT2D eigenvalue weighted by atomic mass is 9.77. The van der Waals surface area contributed by atoms with Gasteiger partial charge in [0.05, 0.1) is 6.54 Å². The van der Waals surface area contributed by atoms with Gasteiger partial charge in [0.15, 0.2) is 11.5 Å². The van der Waals surface area contributed by atoms with Gasteiger partial charge in [-0.05, 0) is 49.7 Å². The molecule has 3 aromatic rings. The molecule has 0 fully saturated rings. The number of hydrogen-bond donors (Lipinski definition) is 1. The van der Waals surface area contributed by atoms with Crippen LogP contribution in [0.5, 0.6) is 17.2 Å². The Balaban J connectivity index is 1.23. The van der Waals surface area contributed by atoms with E-state index in [0.29, 0.717) is 30.3 Å². The van der Waals surface area contributed by atoms with Crippen LogP contribution in [0, 0.1) is 6.92 Å². The number of carbonyl (C=O) groups excluding carboxylic acids is 1. The molecule has 1 N–H and O–H groups in total. The molecule has 1 aromatic heterocycles. The standard InChI is InChI=1S/C25H24N2O5/c1-16-7-8-17(32-16)13-26-9-4-10-27-20-6-3-2-5-18(20)25(24(27)28)14-29-21-12-23-22(11-19(21)25)30-15-31-23/h2-3,5-8,11-12,26H,4,9-10,13-15H2,1H3. The smallest absolute Gasteiger partial charge is 0.245 e. The van der Waals surface area contributed by atoms with Crippen molar-refractivity contribution in [2.24, 2.45) is 0 Å². The van der Waals surface area contributed by atoms with Crippen LogP contribution in [-0.2, 0) is 16.8 Å².